The first-order valence-corrected chi connectivity index (χ1v) is 9.54. The highest BCUT2D eigenvalue weighted by Gasteiger charge is 2.30. The third-order valence-corrected chi connectivity index (χ3v) is 6.97. The van der Waals surface area contributed by atoms with Gasteiger partial charge in [-0.15, -0.1) is 0 Å². The number of hydrogen-bond acceptors (Lipinski definition) is 2. The zero-order valence-corrected chi connectivity index (χ0v) is 14.4. The van der Waals surface area contributed by atoms with Crippen LogP contribution in [0, 0.1) is 5.92 Å². The van der Waals surface area contributed by atoms with E-state index in [0.29, 0.717) is 11.2 Å². The summed E-state index contributed by atoms with van der Waals surface area (Å²) in [7, 11) is -0.835. The van der Waals surface area contributed by atoms with E-state index in [0.717, 1.165) is 24.8 Å². The average molecular weight is 308 g/mol. The molecule has 1 saturated carbocycles. The number of hydrogen-bond donors (Lipinski definition) is 1. The van der Waals surface area contributed by atoms with Gasteiger partial charge in [0.05, 0.1) is 5.25 Å². The minimum absolute atomic E-state index is 0.0211. The average Bonchev–Trinajstić information content (AvgIpc) is 2.53. The summed E-state index contributed by atoms with van der Waals surface area (Å²) < 4.78 is 12.8. The molecule has 1 aromatic rings. The van der Waals surface area contributed by atoms with E-state index in [9.17, 15) is 4.21 Å². The van der Waals surface area contributed by atoms with Gasteiger partial charge in [-0.05, 0) is 43.2 Å². The second-order valence-electron chi connectivity index (χ2n) is 6.55. The third-order valence-electron chi connectivity index (χ3n) is 4.86. The molecule has 5 unspecified atom stereocenters. The Labute approximate surface area is 132 Å². The lowest BCUT2D eigenvalue weighted by Crippen LogP contribution is -2.35. The Bertz CT molecular complexity index is 471. The van der Waals surface area contributed by atoms with Crippen LogP contribution >= 0.6 is 0 Å². The number of nitrogens with two attached hydrogens (primary N) is 1. The quantitative estimate of drug-likeness (QED) is 0.894. The molecule has 118 valence electrons. The molecule has 2 N–H and O–H groups in total. The first-order chi connectivity index (χ1) is 10.0. The van der Waals surface area contributed by atoms with Gasteiger partial charge in [-0.25, -0.2) is 0 Å². The van der Waals surface area contributed by atoms with E-state index in [4.69, 9.17) is 5.73 Å². The van der Waals surface area contributed by atoms with Gasteiger partial charge in [-0.1, -0.05) is 51.0 Å². The molecular weight excluding hydrogens is 278 g/mol. The predicted octanol–water partition coefficient (Wildman–Crippen LogP) is 3.96. The maximum Gasteiger partial charge on any atom is 0.0515 e. The van der Waals surface area contributed by atoms with Crippen molar-refractivity contribution in [2.24, 2.45) is 11.7 Å². The van der Waals surface area contributed by atoms with Crippen LogP contribution in [0.3, 0.4) is 0 Å². The molecule has 2 rings (SSSR count). The number of rotatable bonds is 5. The maximum absolute atomic E-state index is 12.8. The monoisotopic (exact) mass is 307 g/mol. The van der Waals surface area contributed by atoms with E-state index in [1.807, 2.05) is 6.92 Å². The Hall–Kier alpha value is -0.670. The second kappa shape index (κ2) is 7.55. The van der Waals surface area contributed by atoms with Crippen LogP contribution in [0.25, 0.3) is 0 Å². The van der Waals surface area contributed by atoms with Crippen molar-refractivity contribution in [2.45, 2.75) is 69.4 Å². The van der Waals surface area contributed by atoms with Gasteiger partial charge < -0.3 is 5.73 Å². The molecule has 0 saturated heterocycles. The second-order valence-corrected chi connectivity index (χ2v) is 8.62. The fourth-order valence-electron chi connectivity index (χ4n) is 3.28. The molecule has 0 radical (unpaired) electrons. The van der Waals surface area contributed by atoms with Crippen LogP contribution in [0.2, 0.25) is 0 Å². The molecule has 0 aliphatic heterocycles. The van der Waals surface area contributed by atoms with Gasteiger partial charge in [0.2, 0.25) is 0 Å². The molecule has 0 heterocycles. The normalized spacial score (nSPS) is 27.0. The van der Waals surface area contributed by atoms with Gasteiger partial charge in [0.25, 0.3) is 0 Å². The van der Waals surface area contributed by atoms with Crippen molar-refractivity contribution in [3.05, 3.63) is 35.4 Å². The predicted molar refractivity (Wildman–Crippen MR) is 91.8 cm³/mol. The van der Waals surface area contributed by atoms with Gasteiger partial charge in [0.15, 0.2) is 0 Å². The fraction of sp³-hybridized carbons (Fsp3) is 0.667. The smallest absolute Gasteiger partial charge is 0.0515 e. The Morgan fingerprint density at radius 3 is 2.52 bits per heavy atom. The topological polar surface area (TPSA) is 43.1 Å². The summed E-state index contributed by atoms with van der Waals surface area (Å²) in [6, 6.07) is 8.33. The summed E-state index contributed by atoms with van der Waals surface area (Å²) in [5.74, 6) is 0.708. The van der Waals surface area contributed by atoms with Gasteiger partial charge in [-0.3, -0.25) is 4.21 Å². The Balaban J connectivity index is 2.03. The first kappa shape index (κ1) is 16.7. The Morgan fingerprint density at radius 1 is 1.29 bits per heavy atom. The van der Waals surface area contributed by atoms with E-state index >= 15 is 0 Å². The summed E-state index contributed by atoms with van der Waals surface area (Å²) in [5, 5.41) is 0.359. The standard InChI is InChI=1S/C18H29NOS/c1-4-15-8-10-16(11-9-15)18(19)14(3)21(20)17-7-5-6-13(2)12-17/h8-11,13-14,17-18H,4-7,12,19H2,1-3H3. The summed E-state index contributed by atoms with van der Waals surface area (Å²) in [6.07, 6.45) is 5.73. The Morgan fingerprint density at radius 2 is 1.95 bits per heavy atom. The highest BCUT2D eigenvalue weighted by Crippen LogP contribution is 2.30. The molecule has 3 heteroatoms. The number of benzene rings is 1. The molecule has 1 aliphatic carbocycles. The zero-order chi connectivity index (χ0) is 15.4. The molecule has 1 aromatic carbocycles. The highest BCUT2D eigenvalue weighted by molar-refractivity contribution is 7.86. The largest absolute Gasteiger partial charge is 0.323 e. The molecule has 1 fully saturated rings. The van der Waals surface area contributed by atoms with Gasteiger partial charge in [0, 0.05) is 22.1 Å². The minimum atomic E-state index is -0.835. The molecule has 0 amide bonds. The summed E-state index contributed by atoms with van der Waals surface area (Å²) in [6.45, 7) is 6.47. The molecule has 0 spiro atoms. The van der Waals surface area contributed by atoms with Crippen molar-refractivity contribution in [3.8, 4) is 0 Å². The Kier molecular flexibility index (Phi) is 6.00. The van der Waals surface area contributed by atoms with Crippen molar-refractivity contribution in [3.63, 3.8) is 0 Å². The van der Waals surface area contributed by atoms with Crippen LogP contribution in [0.5, 0.6) is 0 Å². The van der Waals surface area contributed by atoms with Crippen molar-refractivity contribution in [2.75, 3.05) is 0 Å². The molecule has 0 bridgehead atoms. The minimum Gasteiger partial charge on any atom is -0.323 e. The first-order valence-electron chi connectivity index (χ1n) is 8.26. The van der Waals surface area contributed by atoms with E-state index in [2.05, 4.69) is 38.1 Å². The highest BCUT2D eigenvalue weighted by atomic mass is 32.2. The lowest BCUT2D eigenvalue weighted by atomic mass is 9.90. The molecule has 5 atom stereocenters. The zero-order valence-electron chi connectivity index (χ0n) is 13.5. The van der Waals surface area contributed by atoms with E-state index < -0.39 is 10.8 Å². The van der Waals surface area contributed by atoms with Crippen LogP contribution in [0.4, 0.5) is 0 Å². The van der Waals surface area contributed by atoms with E-state index in [1.54, 1.807) is 0 Å². The summed E-state index contributed by atoms with van der Waals surface area (Å²) in [4.78, 5) is 0. The lowest BCUT2D eigenvalue weighted by molar-refractivity contribution is 0.387. The molecule has 1 aliphatic rings. The van der Waals surface area contributed by atoms with Crippen molar-refractivity contribution in [1.29, 1.82) is 0 Å². The van der Waals surface area contributed by atoms with Crippen molar-refractivity contribution in [1.82, 2.24) is 0 Å². The van der Waals surface area contributed by atoms with Gasteiger partial charge in [-0.2, -0.15) is 0 Å². The van der Waals surface area contributed by atoms with Crippen LogP contribution < -0.4 is 5.73 Å². The fourth-order valence-corrected chi connectivity index (χ4v) is 5.25. The summed E-state index contributed by atoms with van der Waals surface area (Å²) >= 11 is 0. The van der Waals surface area contributed by atoms with Crippen molar-refractivity contribution >= 4 is 10.8 Å². The summed E-state index contributed by atoms with van der Waals surface area (Å²) in [5.41, 5.74) is 8.81. The lowest BCUT2D eigenvalue weighted by Gasteiger charge is -2.30. The number of aryl methyl sites for hydroxylation is 1. The van der Waals surface area contributed by atoms with E-state index in [1.165, 1.54) is 18.4 Å². The molecule has 2 nitrogen and oxygen atoms in total. The molecule has 0 aromatic heterocycles. The maximum atomic E-state index is 12.8. The molecule has 21 heavy (non-hydrogen) atoms. The SMILES string of the molecule is CCc1ccc(C(N)C(C)S(=O)C2CCCC(C)C2)cc1. The van der Waals surface area contributed by atoms with Crippen molar-refractivity contribution < 1.29 is 4.21 Å². The third kappa shape index (κ3) is 4.17. The van der Waals surface area contributed by atoms with E-state index in [-0.39, 0.29) is 11.3 Å². The van der Waals surface area contributed by atoms with Crippen LogP contribution in [0.15, 0.2) is 24.3 Å². The van der Waals surface area contributed by atoms with Gasteiger partial charge >= 0.3 is 0 Å². The van der Waals surface area contributed by atoms with Crippen LogP contribution in [0.1, 0.15) is 63.6 Å². The van der Waals surface area contributed by atoms with Crippen LogP contribution in [-0.4, -0.2) is 14.7 Å². The molecular formula is C18H29NOS. The van der Waals surface area contributed by atoms with Crippen LogP contribution in [-0.2, 0) is 17.2 Å². The van der Waals surface area contributed by atoms with Gasteiger partial charge in [0.1, 0.15) is 0 Å².